The number of hydrogen-bond acceptors (Lipinski definition) is 6. The van der Waals surface area contributed by atoms with Crippen molar-refractivity contribution in [1.29, 1.82) is 0 Å². The Hall–Kier alpha value is -2.16. The predicted octanol–water partition coefficient (Wildman–Crippen LogP) is 1.84. The standard InChI is InChI=1S/C17H23N3O5S/c1-18(14-7-10-26(24,25)12-14)17(21)13-5-6-15(16(11-13)20(22)23)19-8-3-2-4-9-19/h5-6,11,14H,2-4,7-10,12H2,1H3/t14-/m1/s1. The number of piperidine rings is 1. The number of amides is 1. The van der Waals surface area contributed by atoms with Gasteiger partial charge < -0.3 is 9.80 Å². The van der Waals surface area contributed by atoms with E-state index in [0.29, 0.717) is 12.1 Å². The van der Waals surface area contributed by atoms with Crippen LogP contribution in [-0.2, 0) is 9.84 Å². The van der Waals surface area contributed by atoms with Crippen molar-refractivity contribution < 1.29 is 18.1 Å². The Balaban J connectivity index is 1.84. The van der Waals surface area contributed by atoms with Crippen LogP contribution in [0.5, 0.6) is 0 Å². The number of nitro benzene ring substituents is 1. The minimum Gasteiger partial charge on any atom is -0.366 e. The molecule has 0 aliphatic carbocycles. The van der Waals surface area contributed by atoms with Crippen LogP contribution in [0.25, 0.3) is 0 Å². The summed E-state index contributed by atoms with van der Waals surface area (Å²) >= 11 is 0. The third kappa shape index (κ3) is 3.82. The minimum absolute atomic E-state index is 0.0524. The van der Waals surface area contributed by atoms with Gasteiger partial charge in [0.25, 0.3) is 11.6 Å². The topological polar surface area (TPSA) is 101 Å². The highest BCUT2D eigenvalue weighted by Gasteiger charge is 2.33. The van der Waals surface area contributed by atoms with Gasteiger partial charge in [-0.2, -0.15) is 0 Å². The molecule has 2 saturated heterocycles. The molecule has 0 N–H and O–H groups in total. The summed E-state index contributed by atoms with van der Waals surface area (Å²) in [5, 5.41) is 11.5. The van der Waals surface area contributed by atoms with Gasteiger partial charge in [-0.25, -0.2) is 8.42 Å². The van der Waals surface area contributed by atoms with Crippen molar-refractivity contribution in [2.24, 2.45) is 0 Å². The fourth-order valence-corrected chi connectivity index (χ4v) is 5.43. The Kier molecular flexibility index (Phi) is 5.17. The van der Waals surface area contributed by atoms with E-state index in [4.69, 9.17) is 0 Å². The average Bonchev–Trinajstić information content (AvgIpc) is 3.00. The van der Waals surface area contributed by atoms with Crippen LogP contribution in [0.3, 0.4) is 0 Å². The van der Waals surface area contributed by atoms with Crippen molar-refractivity contribution in [3.63, 3.8) is 0 Å². The fraction of sp³-hybridized carbons (Fsp3) is 0.588. The van der Waals surface area contributed by atoms with Gasteiger partial charge in [0, 0.05) is 37.8 Å². The van der Waals surface area contributed by atoms with E-state index in [9.17, 15) is 23.3 Å². The lowest BCUT2D eigenvalue weighted by atomic mass is 10.1. The molecule has 2 aliphatic rings. The SMILES string of the molecule is CN(C(=O)c1ccc(N2CCCCC2)c([N+](=O)[O-])c1)[C@@H]1CCS(=O)(=O)C1. The molecule has 2 aliphatic heterocycles. The van der Waals surface area contributed by atoms with Crippen molar-refractivity contribution in [3.05, 3.63) is 33.9 Å². The van der Waals surface area contributed by atoms with E-state index < -0.39 is 14.8 Å². The van der Waals surface area contributed by atoms with Crippen molar-refractivity contribution in [2.45, 2.75) is 31.7 Å². The average molecular weight is 381 g/mol. The molecule has 0 radical (unpaired) electrons. The first-order chi connectivity index (χ1) is 12.3. The number of nitro groups is 1. The molecule has 0 saturated carbocycles. The van der Waals surface area contributed by atoms with Crippen molar-refractivity contribution in [2.75, 3.05) is 36.5 Å². The second-order valence-electron chi connectivity index (χ2n) is 6.98. The summed E-state index contributed by atoms with van der Waals surface area (Å²) in [6.45, 7) is 1.54. The number of carbonyl (C=O) groups excluding carboxylic acids is 1. The van der Waals surface area contributed by atoms with Gasteiger partial charge in [-0.15, -0.1) is 0 Å². The third-order valence-electron chi connectivity index (χ3n) is 5.19. The molecule has 26 heavy (non-hydrogen) atoms. The van der Waals surface area contributed by atoms with Crippen LogP contribution in [0.2, 0.25) is 0 Å². The molecule has 1 aromatic carbocycles. The first kappa shape index (κ1) is 18.6. The highest BCUT2D eigenvalue weighted by atomic mass is 32.2. The molecule has 0 bridgehead atoms. The Bertz CT molecular complexity index is 818. The first-order valence-electron chi connectivity index (χ1n) is 8.79. The lowest BCUT2D eigenvalue weighted by Crippen LogP contribution is -2.38. The number of hydrogen-bond donors (Lipinski definition) is 0. The maximum Gasteiger partial charge on any atom is 0.293 e. The van der Waals surface area contributed by atoms with Gasteiger partial charge in [0.2, 0.25) is 0 Å². The normalized spacial score (nSPS) is 22.2. The lowest BCUT2D eigenvalue weighted by Gasteiger charge is -2.29. The molecule has 0 aromatic heterocycles. The molecule has 142 valence electrons. The van der Waals surface area contributed by atoms with Crippen LogP contribution in [0, 0.1) is 10.1 Å². The summed E-state index contributed by atoms with van der Waals surface area (Å²) in [5.41, 5.74) is 0.673. The Morgan fingerprint density at radius 3 is 2.54 bits per heavy atom. The van der Waals surface area contributed by atoms with Crippen LogP contribution in [-0.4, -0.2) is 61.8 Å². The number of nitrogens with zero attached hydrogens (tertiary/aromatic N) is 3. The third-order valence-corrected chi connectivity index (χ3v) is 6.94. The number of anilines is 1. The predicted molar refractivity (Wildman–Crippen MR) is 98.3 cm³/mol. The van der Waals surface area contributed by atoms with E-state index in [0.717, 1.165) is 32.4 Å². The van der Waals surface area contributed by atoms with Crippen LogP contribution in [0.15, 0.2) is 18.2 Å². The van der Waals surface area contributed by atoms with Gasteiger partial charge in [0.1, 0.15) is 5.69 Å². The van der Waals surface area contributed by atoms with Gasteiger partial charge in [0.05, 0.1) is 16.4 Å². The van der Waals surface area contributed by atoms with Gasteiger partial charge in [-0.3, -0.25) is 14.9 Å². The molecule has 3 rings (SSSR count). The molecule has 2 fully saturated rings. The number of benzene rings is 1. The summed E-state index contributed by atoms with van der Waals surface area (Å²) in [6, 6.07) is 4.16. The molecular formula is C17H23N3O5S. The molecule has 0 unspecified atom stereocenters. The summed E-state index contributed by atoms with van der Waals surface area (Å²) in [7, 11) is -1.55. The summed E-state index contributed by atoms with van der Waals surface area (Å²) in [6.07, 6.45) is 3.52. The Labute approximate surface area is 152 Å². The van der Waals surface area contributed by atoms with Gasteiger partial charge in [0.15, 0.2) is 9.84 Å². The second kappa shape index (κ2) is 7.22. The van der Waals surface area contributed by atoms with Gasteiger partial charge in [-0.1, -0.05) is 0 Å². The van der Waals surface area contributed by atoms with Crippen LogP contribution in [0.4, 0.5) is 11.4 Å². The number of rotatable bonds is 4. The van der Waals surface area contributed by atoms with E-state index in [-0.39, 0.29) is 34.7 Å². The molecule has 1 aromatic rings. The molecule has 8 nitrogen and oxygen atoms in total. The summed E-state index contributed by atoms with van der Waals surface area (Å²) in [5.74, 6) is -0.368. The van der Waals surface area contributed by atoms with Crippen molar-refractivity contribution in [3.8, 4) is 0 Å². The van der Waals surface area contributed by atoms with Crippen LogP contribution >= 0.6 is 0 Å². The van der Waals surface area contributed by atoms with E-state index >= 15 is 0 Å². The second-order valence-corrected chi connectivity index (χ2v) is 9.21. The van der Waals surface area contributed by atoms with Crippen LogP contribution < -0.4 is 4.90 Å². The molecular weight excluding hydrogens is 358 g/mol. The van der Waals surface area contributed by atoms with E-state index in [2.05, 4.69) is 0 Å². The molecule has 9 heteroatoms. The van der Waals surface area contributed by atoms with E-state index in [1.54, 1.807) is 19.2 Å². The maximum atomic E-state index is 12.7. The number of sulfone groups is 1. The minimum atomic E-state index is -3.11. The van der Waals surface area contributed by atoms with Crippen molar-refractivity contribution >= 4 is 27.1 Å². The zero-order chi connectivity index (χ0) is 18.9. The van der Waals surface area contributed by atoms with Crippen molar-refractivity contribution in [1.82, 2.24) is 4.90 Å². The highest BCUT2D eigenvalue weighted by Crippen LogP contribution is 2.32. The highest BCUT2D eigenvalue weighted by molar-refractivity contribution is 7.91. The molecule has 0 spiro atoms. The smallest absolute Gasteiger partial charge is 0.293 e. The largest absolute Gasteiger partial charge is 0.366 e. The molecule has 1 amide bonds. The summed E-state index contributed by atoms with van der Waals surface area (Å²) in [4.78, 5) is 27.1. The maximum absolute atomic E-state index is 12.7. The van der Waals surface area contributed by atoms with Crippen LogP contribution in [0.1, 0.15) is 36.0 Å². The lowest BCUT2D eigenvalue weighted by molar-refractivity contribution is -0.384. The fourth-order valence-electron chi connectivity index (χ4n) is 3.66. The Morgan fingerprint density at radius 2 is 1.96 bits per heavy atom. The zero-order valence-electron chi connectivity index (χ0n) is 14.8. The zero-order valence-corrected chi connectivity index (χ0v) is 15.6. The first-order valence-corrected chi connectivity index (χ1v) is 10.6. The summed E-state index contributed by atoms with van der Waals surface area (Å²) < 4.78 is 23.3. The molecule has 2 heterocycles. The van der Waals surface area contributed by atoms with Gasteiger partial charge in [-0.05, 0) is 37.8 Å². The van der Waals surface area contributed by atoms with Gasteiger partial charge >= 0.3 is 0 Å². The van der Waals surface area contributed by atoms with E-state index in [1.807, 2.05) is 4.90 Å². The number of carbonyl (C=O) groups is 1. The van der Waals surface area contributed by atoms with E-state index in [1.165, 1.54) is 11.0 Å². The monoisotopic (exact) mass is 381 g/mol. The quantitative estimate of drug-likeness (QED) is 0.583. The Morgan fingerprint density at radius 1 is 1.27 bits per heavy atom. The molecule has 1 atom stereocenters.